The second-order valence-electron chi connectivity index (χ2n) is 5.65. The number of hydrogen-bond donors (Lipinski definition) is 2. The minimum atomic E-state index is -0.325. The van der Waals surface area contributed by atoms with Gasteiger partial charge in [0.25, 0.3) is 5.91 Å². The lowest BCUT2D eigenvalue weighted by molar-refractivity contribution is -0.914. The molecule has 1 aliphatic rings. The Bertz CT molecular complexity index is 442. The van der Waals surface area contributed by atoms with Crippen LogP contribution in [0.1, 0.15) is 39.0 Å². The lowest BCUT2D eigenvalue weighted by atomic mass is 10.1. The number of halogens is 1. The van der Waals surface area contributed by atoms with Gasteiger partial charge < -0.3 is 10.2 Å². The Hall–Kier alpha value is -1.42. The van der Waals surface area contributed by atoms with Crippen molar-refractivity contribution in [2.24, 2.45) is 0 Å². The van der Waals surface area contributed by atoms with Gasteiger partial charge in [-0.15, -0.1) is 0 Å². The standard InChI is InChI=1S/C16H23FN2O/c1-13(19-10-5-3-2-4-6-11-19)16(20)18-15-9-7-8-14(17)12-15/h7-9,12-13H,2-6,10-11H2,1H3,(H,18,20)/p+1/t13-/m0/s1. The van der Waals surface area contributed by atoms with Crippen molar-refractivity contribution in [3.8, 4) is 0 Å². The van der Waals surface area contributed by atoms with Gasteiger partial charge in [-0.05, 0) is 50.8 Å². The number of benzene rings is 1. The molecule has 0 saturated carbocycles. The molecule has 2 N–H and O–H groups in total. The molecule has 1 saturated heterocycles. The Kier molecular flexibility index (Phi) is 5.53. The smallest absolute Gasteiger partial charge is 0.282 e. The monoisotopic (exact) mass is 279 g/mol. The van der Waals surface area contributed by atoms with Crippen molar-refractivity contribution in [1.29, 1.82) is 0 Å². The highest BCUT2D eigenvalue weighted by atomic mass is 19.1. The SMILES string of the molecule is C[C@@H](C(=O)Nc1cccc(F)c1)[NH+]1CCCCCCC1. The van der Waals surface area contributed by atoms with Crippen LogP contribution in [0.4, 0.5) is 10.1 Å². The number of nitrogens with one attached hydrogen (secondary N) is 2. The Morgan fingerprint density at radius 1 is 1.20 bits per heavy atom. The van der Waals surface area contributed by atoms with E-state index in [1.807, 2.05) is 6.92 Å². The van der Waals surface area contributed by atoms with Crippen LogP contribution in [-0.4, -0.2) is 25.0 Å². The van der Waals surface area contributed by atoms with Gasteiger partial charge in [0, 0.05) is 5.69 Å². The van der Waals surface area contributed by atoms with Gasteiger partial charge in [-0.3, -0.25) is 4.79 Å². The summed E-state index contributed by atoms with van der Waals surface area (Å²) in [5.41, 5.74) is 0.535. The van der Waals surface area contributed by atoms with Gasteiger partial charge in [0.1, 0.15) is 5.82 Å². The molecule has 1 amide bonds. The summed E-state index contributed by atoms with van der Waals surface area (Å²) in [6.07, 6.45) is 6.22. The van der Waals surface area contributed by atoms with Crippen molar-refractivity contribution in [1.82, 2.24) is 0 Å². The number of carbonyl (C=O) groups excluding carboxylic acids is 1. The van der Waals surface area contributed by atoms with Crippen LogP contribution in [0.15, 0.2) is 24.3 Å². The average molecular weight is 279 g/mol. The summed E-state index contributed by atoms with van der Waals surface area (Å²) in [5.74, 6) is -0.347. The van der Waals surface area contributed by atoms with Crippen molar-refractivity contribution in [2.45, 2.75) is 45.1 Å². The van der Waals surface area contributed by atoms with Crippen LogP contribution in [0.5, 0.6) is 0 Å². The molecule has 1 aliphatic heterocycles. The molecular formula is C16H24FN2O+. The van der Waals surface area contributed by atoms with Gasteiger partial charge in [-0.25, -0.2) is 4.39 Å². The van der Waals surface area contributed by atoms with E-state index in [0.717, 1.165) is 13.1 Å². The average Bonchev–Trinajstić information content (AvgIpc) is 2.37. The number of amides is 1. The first kappa shape index (κ1) is 15.0. The number of rotatable bonds is 3. The molecule has 110 valence electrons. The highest BCUT2D eigenvalue weighted by Gasteiger charge is 2.25. The minimum Gasteiger partial charge on any atom is -0.325 e. The molecular weight excluding hydrogens is 255 g/mol. The largest absolute Gasteiger partial charge is 0.325 e. The number of anilines is 1. The topological polar surface area (TPSA) is 33.5 Å². The summed E-state index contributed by atoms with van der Waals surface area (Å²) in [5, 5.41) is 2.82. The molecule has 0 spiro atoms. The fraction of sp³-hybridized carbons (Fsp3) is 0.562. The molecule has 1 aromatic carbocycles. The molecule has 0 aliphatic carbocycles. The van der Waals surface area contributed by atoms with Crippen LogP contribution in [-0.2, 0) is 4.79 Å². The Morgan fingerprint density at radius 3 is 2.50 bits per heavy atom. The lowest BCUT2D eigenvalue weighted by Gasteiger charge is -2.26. The van der Waals surface area contributed by atoms with E-state index >= 15 is 0 Å². The van der Waals surface area contributed by atoms with Crippen molar-refractivity contribution < 1.29 is 14.1 Å². The van der Waals surface area contributed by atoms with E-state index in [-0.39, 0.29) is 17.8 Å². The number of hydrogen-bond acceptors (Lipinski definition) is 1. The van der Waals surface area contributed by atoms with Crippen LogP contribution < -0.4 is 10.2 Å². The van der Waals surface area contributed by atoms with Crippen LogP contribution in [0.2, 0.25) is 0 Å². The van der Waals surface area contributed by atoms with E-state index in [1.54, 1.807) is 12.1 Å². The maximum atomic E-state index is 13.1. The minimum absolute atomic E-state index is 0.0221. The number of carbonyl (C=O) groups is 1. The predicted molar refractivity (Wildman–Crippen MR) is 78.3 cm³/mol. The van der Waals surface area contributed by atoms with Crippen LogP contribution in [0, 0.1) is 5.82 Å². The van der Waals surface area contributed by atoms with E-state index in [4.69, 9.17) is 0 Å². The van der Waals surface area contributed by atoms with Crippen molar-refractivity contribution in [2.75, 3.05) is 18.4 Å². The first-order valence-electron chi connectivity index (χ1n) is 7.58. The highest BCUT2D eigenvalue weighted by molar-refractivity contribution is 5.93. The third kappa shape index (κ3) is 4.30. The molecule has 4 heteroatoms. The maximum absolute atomic E-state index is 13.1. The third-order valence-electron chi connectivity index (χ3n) is 4.09. The fourth-order valence-electron chi connectivity index (χ4n) is 2.79. The van der Waals surface area contributed by atoms with Crippen molar-refractivity contribution in [3.63, 3.8) is 0 Å². The van der Waals surface area contributed by atoms with Gasteiger partial charge in [0.15, 0.2) is 6.04 Å². The molecule has 0 aromatic heterocycles. The zero-order chi connectivity index (χ0) is 14.4. The van der Waals surface area contributed by atoms with Gasteiger partial charge in [0.2, 0.25) is 0 Å². The molecule has 20 heavy (non-hydrogen) atoms. The maximum Gasteiger partial charge on any atom is 0.282 e. The van der Waals surface area contributed by atoms with Gasteiger partial charge in [-0.1, -0.05) is 12.5 Å². The van der Waals surface area contributed by atoms with Crippen molar-refractivity contribution in [3.05, 3.63) is 30.1 Å². The number of likely N-dealkylation sites (tertiary alicyclic amines) is 1. The van der Waals surface area contributed by atoms with Crippen LogP contribution in [0.25, 0.3) is 0 Å². The second-order valence-corrected chi connectivity index (χ2v) is 5.65. The van der Waals surface area contributed by atoms with E-state index in [0.29, 0.717) is 5.69 Å². The predicted octanol–water partition coefficient (Wildman–Crippen LogP) is 2.00. The number of quaternary nitrogens is 1. The summed E-state index contributed by atoms with van der Waals surface area (Å²) in [7, 11) is 0. The quantitative estimate of drug-likeness (QED) is 0.872. The molecule has 1 fully saturated rings. The molecule has 1 aromatic rings. The van der Waals surface area contributed by atoms with E-state index in [1.165, 1.54) is 49.1 Å². The normalized spacial score (nSPS) is 18.9. The van der Waals surface area contributed by atoms with Gasteiger partial charge in [0.05, 0.1) is 13.1 Å². The first-order chi connectivity index (χ1) is 9.66. The lowest BCUT2D eigenvalue weighted by Crippen LogP contribution is -3.16. The molecule has 2 rings (SSSR count). The zero-order valence-electron chi connectivity index (χ0n) is 12.1. The molecule has 1 heterocycles. The molecule has 0 bridgehead atoms. The summed E-state index contributed by atoms with van der Waals surface area (Å²) < 4.78 is 13.1. The summed E-state index contributed by atoms with van der Waals surface area (Å²) in [6.45, 7) is 4.07. The molecule has 3 nitrogen and oxygen atoms in total. The van der Waals surface area contributed by atoms with E-state index in [9.17, 15) is 9.18 Å². The summed E-state index contributed by atoms with van der Waals surface area (Å²) in [4.78, 5) is 13.6. The Balaban J connectivity index is 1.93. The first-order valence-corrected chi connectivity index (χ1v) is 7.58. The van der Waals surface area contributed by atoms with Crippen LogP contribution >= 0.6 is 0 Å². The summed E-state index contributed by atoms with van der Waals surface area (Å²) in [6, 6.07) is 5.97. The zero-order valence-corrected chi connectivity index (χ0v) is 12.1. The highest BCUT2D eigenvalue weighted by Crippen LogP contribution is 2.09. The Labute approximate surface area is 120 Å². The molecule has 0 radical (unpaired) electrons. The third-order valence-corrected chi connectivity index (χ3v) is 4.09. The summed E-state index contributed by atoms with van der Waals surface area (Å²) >= 11 is 0. The van der Waals surface area contributed by atoms with Crippen molar-refractivity contribution >= 4 is 11.6 Å². The Morgan fingerprint density at radius 2 is 1.85 bits per heavy atom. The van der Waals surface area contributed by atoms with E-state index < -0.39 is 0 Å². The van der Waals surface area contributed by atoms with E-state index in [2.05, 4.69) is 5.32 Å². The fourth-order valence-corrected chi connectivity index (χ4v) is 2.79. The second kappa shape index (κ2) is 7.39. The molecule has 0 unspecified atom stereocenters. The van der Waals surface area contributed by atoms with Crippen LogP contribution in [0.3, 0.4) is 0 Å². The van der Waals surface area contributed by atoms with Gasteiger partial charge in [-0.2, -0.15) is 0 Å². The molecule has 1 atom stereocenters. The van der Waals surface area contributed by atoms with Gasteiger partial charge >= 0.3 is 0 Å².